The number of benzene rings is 4. The summed E-state index contributed by atoms with van der Waals surface area (Å²) >= 11 is 1.31. The highest BCUT2D eigenvalue weighted by Gasteiger charge is 2.17. The Bertz CT molecular complexity index is 1710. The highest BCUT2D eigenvalue weighted by Crippen LogP contribution is 2.34. The van der Waals surface area contributed by atoms with Crippen LogP contribution in [-0.2, 0) is 9.59 Å². The summed E-state index contributed by atoms with van der Waals surface area (Å²) in [4.78, 5) is 39.8. The summed E-state index contributed by atoms with van der Waals surface area (Å²) in [7, 11) is 3.05. The van der Waals surface area contributed by atoms with E-state index >= 15 is 0 Å². The van der Waals surface area contributed by atoms with Crippen LogP contribution < -0.4 is 34.9 Å². The van der Waals surface area contributed by atoms with Crippen LogP contribution in [0.5, 0.6) is 23.0 Å². The van der Waals surface area contributed by atoms with Crippen LogP contribution in [0.15, 0.2) is 102 Å². The Hall–Kier alpha value is -5.42. The number of hydrogen-bond acceptors (Lipinski definition) is 8. The molecule has 0 aromatic heterocycles. The number of carbonyl (C=O) groups excluding carboxylic acids is 3. The molecule has 3 amide bonds. The van der Waals surface area contributed by atoms with Gasteiger partial charge in [0.1, 0.15) is 5.70 Å². The molecule has 0 saturated carbocycles. The van der Waals surface area contributed by atoms with Gasteiger partial charge in [0.05, 0.1) is 20.0 Å². The van der Waals surface area contributed by atoms with E-state index in [1.165, 1.54) is 26.0 Å². The lowest BCUT2D eigenvalue weighted by molar-refractivity contribution is -0.114. The zero-order valence-electron chi connectivity index (χ0n) is 23.9. The monoisotopic (exact) mass is 611 g/mol. The molecule has 0 bridgehead atoms. The van der Waals surface area contributed by atoms with E-state index in [0.717, 1.165) is 4.90 Å². The van der Waals surface area contributed by atoms with Crippen molar-refractivity contribution in [1.29, 1.82) is 0 Å². The zero-order valence-corrected chi connectivity index (χ0v) is 24.7. The molecule has 10 nitrogen and oxygen atoms in total. The van der Waals surface area contributed by atoms with Crippen molar-refractivity contribution in [3.05, 3.63) is 108 Å². The second-order valence-electron chi connectivity index (χ2n) is 9.38. The molecule has 4 aromatic carbocycles. The summed E-state index contributed by atoms with van der Waals surface area (Å²) < 4.78 is 21.3. The summed E-state index contributed by atoms with van der Waals surface area (Å²) in [6.07, 6.45) is 1.55. The lowest BCUT2D eigenvalue weighted by atomic mass is 10.1. The van der Waals surface area contributed by atoms with Gasteiger partial charge < -0.3 is 34.9 Å². The minimum absolute atomic E-state index is 0.0206. The Morgan fingerprint density at radius 2 is 1.57 bits per heavy atom. The Kier molecular flexibility index (Phi) is 9.68. The smallest absolute Gasteiger partial charge is 0.272 e. The van der Waals surface area contributed by atoms with Crippen molar-refractivity contribution in [3.63, 3.8) is 0 Å². The Morgan fingerprint density at radius 3 is 2.36 bits per heavy atom. The van der Waals surface area contributed by atoms with Crippen LogP contribution in [0.25, 0.3) is 6.08 Å². The largest absolute Gasteiger partial charge is 0.493 e. The molecular formula is C33H29N3O7S. The van der Waals surface area contributed by atoms with Crippen LogP contribution in [0.3, 0.4) is 0 Å². The third-order valence-electron chi connectivity index (χ3n) is 6.37. The second-order valence-corrected chi connectivity index (χ2v) is 10.4. The molecule has 1 aliphatic rings. The van der Waals surface area contributed by atoms with Gasteiger partial charge in [-0.05, 0) is 66.2 Å². The first-order valence-electron chi connectivity index (χ1n) is 13.5. The number of amides is 3. The van der Waals surface area contributed by atoms with Gasteiger partial charge >= 0.3 is 0 Å². The maximum atomic E-state index is 13.5. The molecule has 0 spiro atoms. The number of ether oxygens (including phenoxy) is 4. The minimum atomic E-state index is -0.535. The van der Waals surface area contributed by atoms with Crippen molar-refractivity contribution >= 4 is 46.9 Å². The fourth-order valence-electron chi connectivity index (χ4n) is 4.23. The van der Waals surface area contributed by atoms with Crippen LogP contribution in [0.4, 0.5) is 11.4 Å². The molecule has 0 unspecified atom stereocenters. The van der Waals surface area contributed by atoms with Crippen molar-refractivity contribution in [2.24, 2.45) is 0 Å². The van der Waals surface area contributed by atoms with Gasteiger partial charge in [-0.3, -0.25) is 14.4 Å². The Labute approximate surface area is 258 Å². The molecule has 5 rings (SSSR count). The van der Waals surface area contributed by atoms with Gasteiger partial charge in [-0.2, -0.15) is 0 Å². The van der Waals surface area contributed by atoms with Crippen molar-refractivity contribution < 1.29 is 33.3 Å². The number of methoxy groups -OCH3 is 2. The van der Waals surface area contributed by atoms with Gasteiger partial charge in [0, 0.05) is 27.9 Å². The van der Waals surface area contributed by atoms with E-state index in [2.05, 4.69) is 16.0 Å². The molecule has 4 aromatic rings. The van der Waals surface area contributed by atoms with Crippen molar-refractivity contribution in [2.75, 3.05) is 37.4 Å². The van der Waals surface area contributed by atoms with Gasteiger partial charge in [0.15, 0.2) is 23.0 Å². The van der Waals surface area contributed by atoms with E-state index in [4.69, 9.17) is 18.9 Å². The predicted octanol–water partition coefficient (Wildman–Crippen LogP) is 5.57. The molecule has 224 valence electrons. The quantitative estimate of drug-likeness (QED) is 0.149. The third kappa shape index (κ3) is 7.69. The van der Waals surface area contributed by atoms with Gasteiger partial charge in [-0.15, -0.1) is 11.8 Å². The van der Waals surface area contributed by atoms with Crippen molar-refractivity contribution in [2.45, 2.75) is 4.90 Å². The standard InChI is InChI=1S/C33H29N3O7S/c1-40-27-13-11-21(16-29(27)41-2)15-26(36-32(38)22-7-4-3-5-8-22)33(39)35-23-9-6-10-25(17-23)44-19-31(37)34-24-12-14-28-30(18-24)43-20-42-28/h3-18H,19-20H2,1-2H3,(H,34,37)(H,35,39)(H,36,38)/b26-15+. The Morgan fingerprint density at radius 1 is 0.795 bits per heavy atom. The molecule has 1 heterocycles. The molecule has 0 aliphatic carbocycles. The van der Waals surface area contributed by atoms with Gasteiger partial charge in [0.2, 0.25) is 12.7 Å². The normalized spacial score (nSPS) is 11.8. The molecular weight excluding hydrogens is 582 g/mol. The maximum Gasteiger partial charge on any atom is 0.272 e. The van der Waals surface area contributed by atoms with Crippen molar-refractivity contribution in [3.8, 4) is 23.0 Å². The first kappa shape index (κ1) is 30.1. The van der Waals surface area contributed by atoms with Crippen molar-refractivity contribution in [1.82, 2.24) is 5.32 Å². The number of anilines is 2. The van der Waals surface area contributed by atoms with Gasteiger partial charge in [-0.1, -0.05) is 30.3 Å². The molecule has 11 heteroatoms. The fourth-order valence-corrected chi connectivity index (χ4v) is 4.99. The molecule has 0 saturated heterocycles. The third-order valence-corrected chi connectivity index (χ3v) is 7.36. The molecule has 0 fully saturated rings. The molecule has 0 radical (unpaired) electrons. The van der Waals surface area contributed by atoms with Gasteiger partial charge in [-0.25, -0.2) is 0 Å². The number of hydrogen-bond donors (Lipinski definition) is 3. The Balaban J connectivity index is 1.28. The molecule has 3 N–H and O–H groups in total. The summed E-state index contributed by atoms with van der Waals surface area (Å²) in [5.41, 5.74) is 2.12. The van der Waals surface area contributed by atoms with Crippen LogP contribution in [0, 0.1) is 0 Å². The van der Waals surface area contributed by atoms with E-state index in [9.17, 15) is 14.4 Å². The second kappa shape index (κ2) is 14.2. The minimum Gasteiger partial charge on any atom is -0.493 e. The maximum absolute atomic E-state index is 13.5. The van der Waals surface area contributed by atoms with Crippen LogP contribution in [0.2, 0.25) is 0 Å². The topological polar surface area (TPSA) is 124 Å². The number of fused-ring (bicyclic) bond motifs is 1. The zero-order chi connectivity index (χ0) is 30.9. The number of rotatable bonds is 11. The highest BCUT2D eigenvalue weighted by atomic mass is 32.2. The SMILES string of the molecule is COc1ccc(/C=C(/NC(=O)c2ccccc2)C(=O)Nc2cccc(SCC(=O)Nc3ccc4c(c3)OCO4)c2)cc1OC. The van der Waals surface area contributed by atoms with E-state index in [0.29, 0.717) is 45.5 Å². The highest BCUT2D eigenvalue weighted by molar-refractivity contribution is 8.00. The summed E-state index contributed by atoms with van der Waals surface area (Å²) in [6, 6.07) is 26.0. The van der Waals surface area contributed by atoms with Crippen LogP contribution in [0.1, 0.15) is 15.9 Å². The summed E-state index contributed by atoms with van der Waals surface area (Å²) in [6.45, 7) is 0.155. The lowest BCUT2D eigenvalue weighted by Crippen LogP contribution is -2.30. The van der Waals surface area contributed by atoms with E-state index in [-0.39, 0.29) is 24.2 Å². The number of carbonyl (C=O) groups is 3. The van der Waals surface area contributed by atoms with E-state index in [1.807, 2.05) is 6.07 Å². The average molecular weight is 612 g/mol. The molecule has 1 aliphatic heterocycles. The van der Waals surface area contributed by atoms with Crippen LogP contribution in [-0.4, -0.2) is 44.5 Å². The predicted molar refractivity (Wildman–Crippen MR) is 168 cm³/mol. The summed E-state index contributed by atoms with van der Waals surface area (Å²) in [5, 5.41) is 8.41. The lowest BCUT2D eigenvalue weighted by Gasteiger charge is -2.13. The van der Waals surface area contributed by atoms with E-state index in [1.54, 1.807) is 91.0 Å². The molecule has 0 atom stereocenters. The van der Waals surface area contributed by atoms with Gasteiger partial charge in [0.25, 0.3) is 11.8 Å². The van der Waals surface area contributed by atoms with Crippen LogP contribution >= 0.6 is 11.8 Å². The molecule has 44 heavy (non-hydrogen) atoms. The average Bonchev–Trinajstić information content (AvgIpc) is 3.52. The first-order chi connectivity index (χ1) is 21.4. The van der Waals surface area contributed by atoms with E-state index < -0.39 is 11.8 Å². The first-order valence-corrected chi connectivity index (χ1v) is 14.4. The fraction of sp³-hybridized carbons (Fsp3) is 0.121. The number of thioether (sulfide) groups is 1. The summed E-state index contributed by atoms with van der Waals surface area (Å²) in [5.74, 6) is 1.19. The number of nitrogens with one attached hydrogen (secondary N) is 3.